The molecule has 0 saturated heterocycles. The predicted molar refractivity (Wildman–Crippen MR) is 91.9 cm³/mol. The van der Waals surface area contributed by atoms with Crippen LogP contribution in [0.25, 0.3) is 5.57 Å². The highest BCUT2D eigenvalue weighted by atomic mass is 14.1. The fraction of sp³-hybridized carbons (Fsp3) is 0.600. The van der Waals surface area contributed by atoms with Crippen molar-refractivity contribution in [3.05, 3.63) is 41.5 Å². The lowest BCUT2D eigenvalue weighted by molar-refractivity contribution is 0.455. The topological polar surface area (TPSA) is 0 Å². The zero-order valence-corrected chi connectivity index (χ0v) is 14.1. The van der Waals surface area contributed by atoms with E-state index >= 15 is 0 Å². The monoisotopic (exact) mass is 272 g/mol. The van der Waals surface area contributed by atoms with E-state index in [9.17, 15) is 0 Å². The summed E-state index contributed by atoms with van der Waals surface area (Å²) in [6.07, 6.45) is 8.64. The Balaban J connectivity index is 2.91. The van der Waals surface area contributed by atoms with Crippen molar-refractivity contribution in [1.82, 2.24) is 0 Å². The minimum atomic E-state index is 0.678. The Morgan fingerprint density at radius 3 is 2.50 bits per heavy atom. The first-order chi connectivity index (χ1) is 9.60. The third kappa shape index (κ3) is 5.53. The molecule has 20 heavy (non-hydrogen) atoms. The average molecular weight is 272 g/mol. The maximum absolute atomic E-state index is 2.52. The van der Waals surface area contributed by atoms with E-state index in [4.69, 9.17) is 0 Å². The van der Waals surface area contributed by atoms with Gasteiger partial charge in [0.15, 0.2) is 0 Å². The van der Waals surface area contributed by atoms with Gasteiger partial charge in [-0.3, -0.25) is 0 Å². The second-order valence-electron chi connectivity index (χ2n) is 6.22. The van der Waals surface area contributed by atoms with Gasteiger partial charge >= 0.3 is 0 Å². The molecule has 1 aromatic carbocycles. The van der Waals surface area contributed by atoms with Crippen molar-refractivity contribution in [2.75, 3.05) is 0 Å². The summed E-state index contributed by atoms with van der Waals surface area (Å²) in [5.41, 5.74) is 4.42. The van der Waals surface area contributed by atoms with Crippen molar-refractivity contribution < 1.29 is 0 Å². The molecule has 0 aromatic heterocycles. The van der Waals surface area contributed by atoms with Gasteiger partial charge in [-0.2, -0.15) is 0 Å². The van der Waals surface area contributed by atoms with Gasteiger partial charge in [0.25, 0.3) is 0 Å². The first-order valence-electron chi connectivity index (χ1n) is 8.40. The van der Waals surface area contributed by atoms with Crippen molar-refractivity contribution in [1.29, 1.82) is 0 Å². The fourth-order valence-electron chi connectivity index (χ4n) is 2.80. The van der Waals surface area contributed by atoms with Gasteiger partial charge in [0.1, 0.15) is 0 Å². The van der Waals surface area contributed by atoms with Crippen molar-refractivity contribution in [3.63, 3.8) is 0 Å². The van der Waals surface area contributed by atoms with Crippen LogP contribution in [-0.2, 0) is 6.42 Å². The lowest BCUT2D eigenvalue weighted by Crippen LogP contribution is -2.01. The minimum Gasteiger partial charge on any atom is -0.0779 e. The summed E-state index contributed by atoms with van der Waals surface area (Å²) in [4.78, 5) is 0. The van der Waals surface area contributed by atoms with Crippen LogP contribution >= 0.6 is 0 Å². The standard InChI is InChI=1S/C20H32/c1-6-10-19(14-17(5)13-16(4)7-2)20-12-9-11-18(8-3)15-20/h9,11-12,14-17H,6-8,10,13H2,1-5H3. The minimum absolute atomic E-state index is 0.678. The lowest BCUT2D eigenvalue weighted by Gasteiger charge is -2.15. The molecule has 0 amide bonds. The van der Waals surface area contributed by atoms with Gasteiger partial charge in [0, 0.05) is 0 Å². The second kappa shape index (κ2) is 9.00. The van der Waals surface area contributed by atoms with Crippen molar-refractivity contribution in [2.45, 2.75) is 66.7 Å². The van der Waals surface area contributed by atoms with E-state index in [1.54, 1.807) is 5.57 Å². The van der Waals surface area contributed by atoms with Crippen LogP contribution < -0.4 is 0 Å². The fourth-order valence-corrected chi connectivity index (χ4v) is 2.80. The molecule has 0 bridgehead atoms. The van der Waals surface area contributed by atoms with Gasteiger partial charge in [-0.1, -0.05) is 77.8 Å². The molecule has 0 aliphatic rings. The van der Waals surface area contributed by atoms with Crippen molar-refractivity contribution in [3.8, 4) is 0 Å². The predicted octanol–water partition coefficient (Wildman–Crippen LogP) is 6.50. The van der Waals surface area contributed by atoms with E-state index in [-0.39, 0.29) is 0 Å². The number of rotatable bonds is 8. The maximum atomic E-state index is 2.52. The molecule has 1 aromatic rings. The van der Waals surface area contributed by atoms with Crippen LogP contribution in [0.2, 0.25) is 0 Å². The average Bonchev–Trinajstić information content (AvgIpc) is 2.46. The van der Waals surface area contributed by atoms with Crippen LogP contribution in [0.15, 0.2) is 30.3 Å². The van der Waals surface area contributed by atoms with E-state index in [1.165, 1.54) is 36.8 Å². The van der Waals surface area contributed by atoms with Crippen molar-refractivity contribution >= 4 is 5.57 Å². The Morgan fingerprint density at radius 2 is 1.90 bits per heavy atom. The SMILES string of the molecule is CCCC(=CC(C)CC(C)CC)c1cccc(CC)c1. The van der Waals surface area contributed by atoms with Gasteiger partial charge in [-0.15, -0.1) is 0 Å². The highest BCUT2D eigenvalue weighted by molar-refractivity contribution is 5.66. The molecule has 2 unspecified atom stereocenters. The summed E-state index contributed by atoms with van der Waals surface area (Å²) in [6.45, 7) is 11.5. The molecule has 1 rings (SSSR count). The van der Waals surface area contributed by atoms with Crippen LogP contribution in [-0.4, -0.2) is 0 Å². The highest BCUT2D eigenvalue weighted by Crippen LogP contribution is 2.26. The zero-order valence-electron chi connectivity index (χ0n) is 14.1. The van der Waals surface area contributed by atoms with Crippen LogP contribution in [0.3, 0.4) is 0 Å². The van der Waals surface area contributed by atoms with E-state index < -0.39 is 0 Å². The zero-order chi connectivity index (χ0) is 15.0. The summed E-state index contributed by atoms with van der Waals surface area (Å²) in [7, 11) is 0. The van der Waals surface area contributed by atoms with E-state index in [0.717, 1.165) is 12.3 Å². The molecule has 0 aliphatic carbocycles. The summed E-state index contributed by atoms with van der Waals surface area (Å²) in [5, 5.41) is 0. The molecule has 0 spiro atoms. The molecular weight excluding hydrogens is 240 g/mol. The number of aryl methyl sites for hydroxylation is 1. The number of benzene rings is 1. The molecule has 2 atom stereocenters. The van der Waals surface area contributed by atoms with E-state index in [1.807, 2.05) is 0 Å². The third-order valence-electron chi connectivity index (χ3n) is 4.18. The largest absolute Gasteiger partial charge is 0.0779 e. The lowest BCUT2D eigenvalue weighted by atomic mass is 9.90. The summed E-state index contributed by atoms with van der Waals surface area (Å²) in [5.74, 6) is 1.50. The molecule has 112 valence electrons. The summed E-state index contributed by atoms with van der Waals surface area (Å²) < 4.78 is 0. The Bertz CT molecular complexity index is 414. The molecule has 0 fully saturated rings. The van der Waals surface area contributed by atoms with Gasteiger partial charge in [-0.25, -0.2) is 0 Å². The Morgan fingerprint density at radius 1 is 1.15 bits per heavy atom. The Labute approximate surface area is 126 Å². The number of hydrogen-bond donors (Lipinski definition) is 0. The first kappa shape index (κ1) is 17.0. The molecule has 0 radical (unpaired) electrons. The molecule has 0 saturated carbocycles. The Kier molecular flexibility index (Phi) is 7.65. The normalized spacial score (nSPS) is 15.2. The van der Waals surface area contributed by atoms with E-state index in [2.05, 4.69) is 65.0 Å². The van der Waals surface area contributed by atoms with E-state index in [0.29, 0.717) is 5.92 Å². The number of allylic oxidation sites excluding steroid dienone is 2. The summed E-state index contributed by atoms with van der Waals surface area (Å²) >= 11 is 0. The van der Waals surface area contributed by atoms with Gasteiger partial charge < -0.3 is 0 Å². The first-order valence-corrected chi connectivity index (χ1v) is 8.40. The van der Waals surface area contributed by atoms with Gasteiger partial charge in [0.05, 0.1) is 0 Å². The van der Waals surface area contributed by atoms with Crippen LogP contribution in [0.5, 0.6) is 0 Å². The quantitative estimate of drug-likeness (QED) is 0.506. The van der Waals surface area contributed by atoms with Crippen molar-refractivity contribution in [2.24, 2.45) is 11.8 Å². The highest BCUT2D eigenvalue weighted by Gasteiger charge is 2.08. The molecular formula is C20H32. The molecule has 0 N–H and O–H groups in total. The smallest absolute Gasteiger partial charge is 0.0225 e. The third-order valence-corrected chi connectivity index (χ3v) is 4.18. The van der Waals surface area contributed by atoms with Gasteiger partial charge in [0.2, 0.25) is 0 Å². The van der Waals surface area contributed by atoms with Crippen LogP contribution in [0.4, 0.5) is 0 Å². The maximum Gasteiger partial charge on any atom is -0.0225 e. The van der Waals surface area contributed by atoms with Crippen LogP contribution in [0, 0.1) is 11.8 Å². The number of hydrogen-bond acceptors (Lipinski definition) is 0. The molecule has 0 nitrogen and oxygen atoms in total. The molecule has 0 aliphatic heterocycles. The van der Waals surface area contributed by atoms with Gasteiger partial charge in [-0.05, 0) is 47.8 Å². The van der Waals surface area contributed by atoms with Crippen LogP contribution in [0.1, 0.15) is 71.4 Å². The second-order valence-corrected chi connectivity index (χ2v) is 6.22. The molecule has 0 heterocycles. The molecule has 0 heteroatoms. The summed E-state index contributed by atoms with van der Waals surface area (Å²) in [6, 6.07) is 9.08. The Hall–Kier alpha value is -1.04.